The van der Waals surface area contributed by atoms with E-state index in [0.29, 0.717) is 16.9 Å². The lowest BCUT2D eigenvalue weighted by Crippen LogP contribution is -2.18. The SMILES string of the molecule is CC(=O)Nc1c(C)cccc1-c1nnc(SCC(=O)Nc2ccccc2Br)[nH]c1=O. The zero-order chi connectivity index (χ0) is 21.7. The molecule has 3 aromatic rings. The largest absolute Gasteiger partial charge is 0.325 e. The van der Waals surface area contributed by atoms with Crippen molar-refractivity contribution in [3.8, 4) is 11.3 Å². The van der Waals surface area contributed by atoms with Gasteiger partial charge in [-0.2, -0.15) is 0 Å². The molecule has 0 aliphatic heterocycles. The molecule has 2 aromatic carbocycles. The molecule has 30 heavy (non-hydrogen) atoms. The van der Waals surface area contributed by atoms with Crippen LogP contribution in [0.25, 0.3) is 11.3 Å². The third-order valence-electron chi connectivity index (χ3n) is 3.99. The summed E-state index contributed by atoms with van der Waals surface area (Å²) in [5, 5.41) is 13.8. The number of aromatic amines is 1. The van der Waals surface area contributed by atoms with Gasteiger partial charge >= 0.3 is 0 Å². The number of nitrogens with one attached hydrogen (secondary N) is 3. The quantitative estimate of drug-likeness (QED) is 0.457. The highest BCUT2D eigenvalue weighted by molar-refractivity contribution is 9.10. The van der Waals surface area contributed by atoms with Crippen molar-refractivity contribution >= 4 is 50.9 Å². The molecule has 1 aromatic heterocycles. The van der Waals surface area contributed by atoms with E-state index in [1.165, 1.54) is 6.92 Å². The third-order valence-corrected chi connectivity index (χ3v) is 5.55. The van der Waals surface area contributed by atoms with Crippen LogP contribution in [-0.4, -0.2) is 32.7 Å². The van der Waals surface area contributed by atoms with Gasteiger partial charge in [0.25, 0.3) is 5.56 Å². The van der Waals surface area contributed by atoms with Crippen LogP contribution >= 0.6 is 27.7 Å². The summed E-state index contributed by atoms with van der Waals surface area (Å²) in [4.78, 5) is 38.9. The van der Waals surface area contributed by atoms with E-state index in [2.05, 4.69) is 41.7 Å². The summed E-state index contributed by atoms with van der Waals surface area (Å²) in [6.45, 7) is 3.22. The van der Waals surface area contributed by atoms with E-state index in [1.807, 2.05) is 31.2 Å². The Morgan fingerprint density at radius 1 is 1.10 bits per heavy atom. The molecule has 2 amide bonds. The van der Waals surface area contributed by atoms with Gasteiger partial charge < -0.3 is 10.6 Å². The first kappa shape index (κ1) is 21.7. The van der Waals surface area contributed by atoms with E-state index in [9.17, 15) is 14.4 Å². The van der Waals surface area contributed by atoms with Crippen LogP contribution in [0.2, 0.25) is 0 Å². The number of H-pyrrole nitrogens is 1. The number of aryl methyl sites for hydroxylation is 1. The van der Waals surface area contributed by atoms with Crippen molar-refractivity contribution in [2.45, 2.75) is 19.0 Å². The molecule has 0 saturated carbocycles. The summed E-state index contributed by atoms with van der Waals surface area (Å²) in [6, 6.07) is 12.5. The Morgan fingerprint density at radius 3 is 2.57 bits per heavy atom. The molecular weight excluding hydrogens is 470 g/mol. The topological polar surface area (TPSA) is 117 Å². The van der Waals surface area contributed by atoms with E-state index in [1.54, 1.807) is 18.2 Å². The number of carbonyl (C=O) groups is 2. The normalized spacial score (nSPS) is 10.5. The average Bonchev–Trinajstić information content (AvgIpc) is 2.70. The first-order chi connectivity index (χ1) is 14.3. The molecule has 0 spiro atoms. The van der Waals surface area contributed by atoms with Crippen LogP contribution in [0.3, 0.4) is 0 Å². The second kappa shape index (κ2) is 9.68. The van der Waals surface area contributed by atoms with Crippen LogP contribution in [0.1, 0.15) is 12.5 Å². The molecule has 0 unspecified atom stereocenters. The van der Waals surface area contributed by atoms with Crippen molar-refractivity contribution in [2.75, 3.05) is 16.4 Å². The van der Waals surface area contributed by atoms with E-state index < -0.39 is 5.56 Å². The molecular formula is C20H18BrN5O3S. The second-order valence-electron chi connectivity index (χ2n) is 6.30. The molecule has 0 aliphatic rings. The number of hydrogen-bond acceptors (Lipinski definition) is 6. The molecule has 0 saturated heterocycles. The minimum Gasteiger partial charge on any atom is -0.325 e. The van der Waals surface area contributed by atoms with E-state index >= 15 is 0 Å². The summed E-state index contributed by atoms with van der Waals surface area (Å²) in [7, 11) is 0. The fourth-order valence-electron chi connectivity index (χ4n) is 2.65. The first-order valence-corrected chi connectivity index (χ1v) is 10.6. The van der Waals surface area contributed by atoms with Gasteiger partial charge in [0.1, 0.15) is 0 Å². The van der Waals surface area contributed by atoms with Gasteiger partial charge in [-0.05, 0) is 40.5 Å². The number of halogens is 1. The number of para-hydroxylation sites is 2. The van der Waals surface area contributed by atoms with Crippen LogP contribution in [-0.2, 0) is 9.59 Å². The number of hydrogen-bond donors (Lipinski definition) is 3. The molecule has 0 atom stereocenters. The highest BCUT2D eigenvalue weighted by Gasteiger charge is 2.15. The lowest BCUT2D eigenvalue weighted by Gasteiger charge is -2.12. The number of aromatic nitrogens is 3. The van der Waals surface area contributed by atoms with Gasteiger partial charge in [-0.25, -0.2) is 0 Å². The monoisotopic (exact) mass is 487 g/mol. The molecule has 10 heteroatoms. The Hall–Kier alpha value is -2.98. The van der Waals surface area contributed by atoms with Gasteiger partial charge in [-0.15, -0.1) is 10.2 Å². The van der Waals surface area contributed by atoms with Crippen LogP contribution < -0.4 is 16.2 Å². The predicted octanol–water partition coefficient (Wildman–Crippen LogP) is 3.59. The van der Waals surface area contributed by atoms with Crippen molar-refractivity contribution in [1.29, 1.82) is 0 Å². The maximum Gasteiger partial charge on any atom is 0.278 e. The van der Waals surface area contributed by atoms with Crippen LogP contribution in [0.4, 0.5) is 11.4 Å². The molecule has 8 nitrogen and oxygen atoms in total. The fourth-order valence-corrected chi connectivity index (χ4v) is 3.64. The minimum absolute atomic E-state index is 0.0485. The summed E-state index contributed by atoms with van der Waals surface area (Å²) in [6.07, 6.45) is 0. The number of nitrogens with zero attached hydrogens (tertiary/aromatic N) is 2. The summed E-state index contributed by atoms with van der Waals surface area (Å²) < 4.78 is 0.772. The van der Waals surface area contributed by atoms with Crippen LogP contribution in [0, 0.1) is 6.92 Å². The number of thioether (sulfide) groups is 1. The van der Waals surface area contributed by atoms with Gasteiger partial charge in [0.05, 0.1) is 17.1 Å². The van der Waals surface area contributed by atoms with Crippen molar-refractivity contribution in [2.24, 2.45) is 0 Å². The van der Waals surface area contributed by atoms with E-state index in [-0.39, 0.29) is 28.4 Å². The summed E-state index contributed by atoms with van der Waals surface area (Å²) in [5.74, 6) is -0.448. The van der Waals surface area contributed by atoms with E-state index in [4.69, 9.17) is 0 Å². The highest BCUT2D eigenvalue weighted by atomic mass is 79.9. The number of benzene rings is 2. The number of anilines is 2. The fraction of sp³-hybridized carbons (Fsp3) is 0.150. The first-order valence-electron chi connectivity index (χ1n) is 8.87. The van der Waals surface area contributed by atoms with Gasteiger partial charge in [0.15, 0.2) is 10.9 Å². The molecule has 3 rings (SSSR count). The zero-order valence-corrected chi connectivity index (χ0v) is 18.6. The Morgan fingerprint density at radius 2 is 1.87 bits per heavy atom. The molecule has 1 heterocycles. The van der Waals surface area contributed by atoms with Gasteiger partial charge in [0.2, 0.25) is 11.8 Å². The van der Waals surface area contributed by atoms with Gasteiger partial charge in [0, 0.05) is 17.0 Å². The van der Waals surface area contributed by atoms with Crippen molar-refractivity contribution < 1.29 is 9.59 Å². The van der Waals surface area contributed by atoms with Crippen molar-refractivity contribution in [3.05, 3.63) is 62.9 Å². The van der Waals surface area contributed by atoms with Crippen molar-refractivity contribution in [1.82, 2.24) is 15.2 Å². The highest BCUT2D eigenvalue weighted by Crippen LogP contribution is 2.28. The summed E-state index contributed by atoms with van der Waals surface area (Å²) in [5.41, 5.74) is 2.06. The zero-order valence-electron chi connectivity index (χ0n) is 16.2. The van der Waals surface area contributed by atoms with Crippen molar-refractivity contribution in [3.63, 3.8) is 0 Å². The molecule has 3 N–H and O–H groups in total. The number of amides is 2. The average molecular weight is 488 g/mol. The summed E-state index contributed by atoms with van der Waals surface area (Å²) >= 11 is 4.43. The van der Waals surface area contributed by atoms with Crippen LogP contribution in [0.15, 0.2) is 56.9 Å². The Balaban J connectivity index is 1.74. The minimum atomic E-state index is -0.462. The van der Waals surface area contributed by atoms with E-state index in [0.717, 1.165) is 21.8 Å². The molecule has 0 fully saturated rings. The van der Waals surface area contributed by atoms with Gasteiger partial charge in [-0.1, -0.05) is 42.1 Å². The second-order valence-corrected chi connectivity index (χ2v) is 8.12. The standard InChI is InChI=1S/C20H18BrN5O3S/c1-11-6-5-7-13(17(11)22-12(2)27)18-19(29)24-20(26-25-18)30-10-16(28)23-15-9-4-3-8-14(15)21/h3-9H,10H2,1-2H3,(H,22,27)(H,23,28)(H,24,26,29). The maximum absolute atomic E-state index is 12.6. The molecule has 154 valence electrons. The third kappa shape index (κ3) is 5.33. The van der Waals surface area contributed by atoms with Gasteiger partial charge in [-0.3, -0.25) is 19.4 Å². The Bertz CT molecular complexity index is 1170. The molecule has 0 radical (unpaired) electrons. The Kier molecular flexibility index (Phi) is 7.01. The predicted molar refractivity (Wildman–Crippen MR) is 121 cm³/mol. The smallest absolute Gasteiger partial charge is 0.278 e. The number of rotatable bonds is 6. The lowest BCUT2D eigenvalue weighted by molar-refractivity contribution is -0.114. The number of carbonyl (C=O) groups excluding carboxylic acids is 2. The molecule has 0 aliphatic carbocycles. The molecule has 0 bridgehead atoms. The van der Waals surface area contributed by atoms with Crippen LogP contribution in [0.5, 0.6) is 0 Å². The Labute approximate surface area is 185 Å². The maximum atomic E-state index is 12.6. The lowest BCUT2D eigenvalue weighted by atomic mass is 10.1.